The summed E-state index contributed by atoms with van der Waals surface area (Å²) in [4.78, 5) is 12.7. The molecule has 2 heteroatoms. The maximum atomic E-state index is 12.7. The molecular formula is C22H27NO. The van der Waals surface area contributed by atoms with Crippen molar-refractivity contribution in [2.24, 2.45) is 0 Å². The van der Waals surface area contributed by atoms with E-state index < -0.39 is 0 Å². The summed E-state index contributed by atoms with van der Waals surface area (Å²) in [7, 11) is 0. The average molecular weight is 321 g/mol. The van der Waals surface area contributed by atoms with E-state index in [1.54, 1.807) is 0 Å². The van der Waals surface area contributed by atoms with Crippen LogP contribution in [-0.2, 0) is 4.79 Å². The Hall–Kier alpha value is -2.35. The Morgan fingerprint density at radius 1 is 0.875 bits per heavy atom. The number of carbonyl (C=O) groups excluding carboxylic acids is 1. The third-order valence-electron chi connectivity index (χ3n) is 4.01. The lowest BCUT2D eigenvalue weighted by Crippen LogP contribution is -2.25. The zero-order valence-electron chi connectivity index (χ0n) is 14.5. The molecule has 0 unspecified atom stereocenters. The van der Waals surface area contributed by atoms with Gasteiger partial charge in [0, 0.05) is 12.1 Å². The first-order valence-electron chi connectivity index (χ1n) is 8.91. The van der Waals surface area contributed by atoms with Gasteiger partial charge in [0.15, 0.2) is 0 Å². The minimum Gasteiger partial charge on any atom is -0.352 e. The number of hydrogen-bond acceptors (Lipinski definition) is 1. The fourth-order valence-corrected chi connectivity index (χ4v) is 2.64. The molecule has 0 bridgehead atoms. The molecular weight excluding hydrogens is 294 g/mol. The maximum Gasteiger partial charge on any atom is 0.251 e. The van der Waals surface area contributed by atoms with Crippen LogP contribution in [-0.4, -0.2) is 12.5 Å². The molecule has 24 heavy (non-hydrogen) atoms. The highest BCUT2D eigenvalue weighted by molar-refractivity contribution is 6.24. The Labute approximate surface area is 145 Å². The molecule has 0 saturated carbocycles. The third kappa shape index (κ3) is 6.04. The smallest absolute Gasteiger partial charge is 0.251 e. The predicted molar refractivity (Wildman–Crippen MR) is 103 cm³/mol. The normalized spacial score (nSPS) is 11.3. The number of nitrogens with one attached hydrogen (secondary N) is 1. The molecule has 0 aliphatic heterocycles. The van der Waals surface area contributed by atoms with Gasteiger partial charge in [0.1, 0.15) is 0 Å². The van der Waals surface area contributed by atoms with Gasteiger partial charge >= 0.3 is 0 Å². The van der Waals surface area contributed by atoms with Gasteiger partial charge in [0.25, 0.3) is 5.91 Å². The van der Waals surface area contributed by atoms with Crippen LogP contribution < -0.4 is 5.32 Å². The molecule has 0 aliphatic rings. The van der Waals surface area contributed by atoms with Crippen molar-refractivity contribution in [3.8, 4) is 0 Å². The molecule has 2 aromatic carbocycles. The van der Waals surface area contributed by atoms with Crippen LogP contribution in [0, 0.1) is 0 Å². The highest BCUT2D eigenvalue weighted by Crippen LogP contribution is 2.18. The molecule has 2 aromatic rings. The van der Waals surface area contributed by atoms with Gasteiger partial charge in [0.2, 0.25) is 0 Å². The van der Waals surface area contributed by atoms with Gasteiger partial charge < -0.3 is 5.32 Å². The highest BCUT2D eigenvalue weighted by Gasteiger charge is 2.11. The van der Waals surface area contributed by atoms with Gasteiger partial charge in [0.05, 0.1) is 0 Å². The van der Waals surface area contributed by atoms with Crippen molar-refractivity contribution >= 4 is 17.6 Å². The Balaban J connectivity index is 2.03. The molecule has 2 rings (SSSR count). The lowest BCUT2D eigenvalue weighted by molar-refractivity contribution is -0.115. The lowest BCUT2D eigenvalue weighted by atomic mass is 10.0. The Kier molecular flexibility index (Phi) is 7.82. The summed E-state index contributed by atoms with van der Waals surface area (Å²) in [6.07, 6.45) is 7.94. The van der Waals surface area contributed by atoms with E-state index in [4.69, 9.17) is 0 Å². The number of unbranched alkanes of at least 4 members (excludes halogenated alkanes) is 4. The summed E-state index contributed by atoms with van der Waals surface area (Å²) in [5, 5.41) is 3.07. The van der Waals surface area contributed by atoms with Crippen molar-refractivity contribution in [3.05, 3.63) is 71.8 Å². The Morgan fingerprint density at radius 3 is 2.17 bits per heavy atom. The van der Waals surface area contributed by atoms with E-state index in [-0.39, 0.29) is 5.91 Å². The SMILES string of the molecule is CCCCCCCNC(=O)C(=Cc1ccccc1)c1ccccc1. The summed E-state index contributed by atoms with van der Waals surface area (Å²) in [6, 6.07) is 19.8. The minimum atomic E-state index is 0.000504. The Bertz CT molecular complexity index is 632. The van der Waals surface area contributed by atoms with Crippen LogP contribution in [0.1, 0.15) is 50.2 Å². The molecule has 1 amide bonds. The number of amides is 1. The standard InChI is InChI=1S/C22H27NO/c1-2-3-4-5-12-17-23-22(24)21(20-15-10-7-11-16-20)18-19-13-8-6-9-14-19/h6-11,13-16,18H,2-5,12,17H2,1H3,(H,23,24). The molecule has 0 spiro atoms. The van der Waals surface area contributed by atoms with Gasteiger partial charge in [-0.05, 0) is 23.6 Å². The second-order valence-electron chi connectivity index (χ2n) is 6.00. The van der Waals surface area contributed by atoms with Crippen LogP contribution in [0.4, 0.5) is 0 Å². The topological polar surface area (TPSA) is 29.1 Å². The van der Waals surface area contributed by atoms with Gasteiger partial charge in [-0.15, -0.1) is 0 Å². The minimum absolute atomic E-state index is 0.000504. The molecule has 0 fully saturated rings. The third-order valence-corrected chi connectivity index (χ3v) is 4.01. The molecule has 0 radical (unpaired) electrons. The zero-order valence-corrected chi connectivity index (χ0v) is 14.5. The van der Waals surface area contributed by atoms with Crippen LogP contribution in [0.15, 0.2) is 60.7 Å². The first kappa shape index (κ1) is 18.0. The van der Waals surface area contributed by atoms with Crippen molar-refractivity contribution in [2.45, 2.75) is 39.0 Å². The monoisotopic (exact) mass is 321 g/mol. The lowest BCUT2D eigenvalue weighted by Gasteiger charge is -2.10. The second kappa shape index (κ2) is 10.4. The van der Waals surface area contributed by atoms with Crippen LogP contribution in [0.3, 0.4) is 0 Å². The average Bonchev–Trinajstić information content (AvgIpc) is 2.64. The summed E-state index contributed by atoms with van der Waals surface area (Å²) < 4.78 is 0. The zero-order chi connectivity index (χ0) is 17.0. The number of rotatable bonds is 9. The molecule has 1 N–H and O–H groups in total. The van der Waals surface area contributed by atoms with Gasteiger partial charge in [-0.2, -0.15) is 0 Å². The van der Waals surface area contributed by atoms with E-state index in [1.165, 1.54) is 25.7 Å². The van der Waals surface area contributed by atoms with Crippen molar-refractivity contribution in [3.63, 3.8) is 0 Å². The fourth-order valence-electron chi connectivity index (χ4n) is 2.64. The molecule has 0 aromatic heterocycles. The van der Waals surface area contributed by atoms with Crippen molar-refractivity contribution in [1.29, 1.82) is 0 Å². The van der Waals surface area contributed by atoms with E-state index in [0.29, 0.717) is 0 Å². The molecule has 2 nitrogen and oxygen atoms in total. The van der Waals surface area contributed by atoms with Crippen molar-refractivity contribution in [2.75, 3.05) is 6.54 Å². The van der Waals surface area contributed by atoms with Crippen molar-refractivity contribution in [1.82, 2.24) is 5.32 Å². The molecule has 0 saturated heterocycles. The summed E-state index contributed by atoms with van der Waals surface area (Å²) in [5.41, 5.74) is 2.70. The van der Waals surface area contributed by atoms with E-state index in [0.717, 1.165) is 29.7 Å². The van der Waals surface area contributed by atoms with Crippen molar-refractivity contribution < 1.29 is 4.79 Å². The van der Waals surface area contributed by atoms with Gasteiger partial charge in [-0.1, -0.05) is 93.3 Å². The molecule has 0 aliphatic carbocycles. The van der Waals surface area contributed by atoms with Gasteiger partial charge in [-0.3, -0.25) is 4.79 Å². The Morgan fingerprint density at radius 2 is 1.50 bits per heavy atom. The number of benzene rings is 2. The quantitative estimate of drug-likeness (QED) is 0.378. The van der Waals surface area contributed by atoms with Crippen LogP contribution in [0.2, 0.25) is 0 Å². The maximum absolute atomic E-state index is 12.7. The summed E-state index contributed by atoms with van der Waals surface area (Å²) >= 11 is 0. The van der Waals surface area contributed by atoms with E-state index in [9.17, 15) is 4.79 Å². The fraction of sp³-hybridized carbons (Fsp3) is 0.318. The molecule has 0 atom stereocenters. The first-order valence-corrected chi connectivity index (χ1v) is 8.91. The van der Waals surface area contributed by atoms with Crippen LogP contribution in [0.25, 0.3) is 11.6 Å². The van der Waals surface area contributed by atoms with E-state index in [1.807, 2.05) is 66.7 Å². The molecule has 126 valence electrons. The molecule has 0 heterocycles. The first-order chi connectivity index (χ1) is 11.8. The predicted octanol–water partition coefficient (Wildman–Crippen LogP) is 5.31. The van der Waals surface area contributed by atoms with Crippen LogP contribution in [0.5, 0.6) is 0 Å². The van der Waals surface area contributed by atoms with Crippen LogP contribution >= 0.6 is 0 Å². The highest BCUT2D eigenvalue weighted by atomic mass is 16.1. The number of hydrogen-bond donors (Lipinski definition) is 1. The van der Waals surface area contributed by atoms with E-state index >= 15 is 0 Å². The van der Waals surface area contributed by atoms with E-state index in [2.05, 4.69) is 12.2 Å². The largest absolute Gasteiger partial charge is 0.352 e. The summed E-state index contributed by atoms with van der Waals surface area (Å²) in [5.74, 6) is 0.000504. The second-order valence-corrected chi connectivity index (χ2v) is 6.00. The van der Waals surface area contributed by atoms with Gasteiger partial charge in [-0.25, -0.2) is 0 Å². The summed E-state index contributed by atoms with van der Waals surface area (Å²) in [6.45, 7) is 2.95. The number of carbonyl (C=O) groups is 1.